The third-order valence-corrected chi connectivity index (χ3v) is 8.82. The predicted molar refractivity (Wildman–Crippen MR) is 170 cm³/mol. The van der Waals surface area contributed by atoms with Gasteiger partial charge in [-0.05, 0) is 61.0 Å². The number of hydrogen-bond acceptors (Lipinski definition) is 5. The molecule has 0 radical (unpaired) electrons. The molecule has 44 heavy (non-hydrogen) atoms. The first-order valence-corrected chi connectivity index (χ1v) is 15.5. The van der Waals surface area contributed by atoms with Crippen molar-refractivity contribution in [1.29, 1.82) is 0 Å². The number of aromatic amines is 1. The molecule has 1 heterocycles. The van der Waals surface area contributed by atoms with Gasteiger partial charge >= 0.3 is 0 Å². The molecule has 0 aliphatic heterocycles. The van der Waals surface area contributed by atoms with E-state index in [1.54, 1.807) is 85.8 Å². The number of halogens is 1. The van der Waals surface area contributed by atoms with Crippen molar-refractivity contribution in [3.8, 4) is 5.69 Å². The molecule has 5 aromatic rings. The number of H-pyrrole nitrogens is 1. The van der Waals surface area contributed by atoms with E-state index in [-0.39, 0.29) is 21.9 Å². The Balaban J connectivity index is 1.69. The van der Waals surface area contributed by atoms with Gasteiger partial charge in [-0.25, -0.2) is 13.1 Å². The second-order valence-electron chi connectivity index (χ2n) is 10.2. The summed E-state index contributed by atoms with van der Waals surface area (Å²) < 4.78 is 31.7. The number of carbonyl (C=O) groups is 2. The van der Waals surface area contributed by atoms with Crippen molar-refractivity contribution in [3.05, 3.63) is 147 Å². The Hall–Kier alpha value is -4.77. The van der Waals surface area contributed by atoms with E-state index >= 15 is 0 Å². The Morgan fingerprint density at radius 3 is 2.02 bits per heavy atom. The van der Waals surface area contributed by atoms with Gasteiger partial charge in [0, 0.05) is 40.4 Å². The van der Waals surface area contributed by atoms with Gasteiger partial charge in [-0.15, -0.1) is 0 Å². The molecule has 11 heteroatoms. The highest BCUT2D eigenvalue weighted by atomic mass is 35.5. The average molecular weight is 629 g/mol. The molecule has 1 amide bonds. The number of ketones is 1. The molecule has 0 bridgehead atoms. The summed E-state index contributed by atoms with van der Waals surface area (Å²) in [7, 11) is -4.33. The van der Waals surface area contributed by atoms with Gasteiger partial charge in [-0.3, -0.25) is 19.5 Å². The van der Waals surface area contributed by atoms with Crippen molar-refractivity contribution in [2.75, 3.05) is 5.32 Å². The summed E-state index contributed by atoms with van der Waals surface area (Å²) >= 11 is 6.20. The van der Waals surface area contributed by atoms with E-state index in [4.69, 9.17) is 11.6 Å². The number of hydrogen-bond donors (Lipinski definition) is 3. The van der Waals surface area contributed by atoms with Crippen LogP contribution in [0.2, 0.25) is 5.02 Å². The molecule has 0 aliphatic carbocycles. The van der Waals surface area contributed by atoms with Crippen LogP contribution in [0.4, 0.5) is 5.69 Å². The van der Waals surface area contributed by atoms with E-state index < -0.39 is 33.3 Å². The molecule has 0 saturated heterocycles. The molecule has 0 spiro atoms. The number of Topliss-reactive ketones (excluding diaryl/α,β-unsaturated/α-hetero) is 1. The van der Waals surface area contributed by atoms with Crippen LogP contribution in [0.1, 0.15) is 40.0 Å². The molecule has 1 aromatic heterocycles. The Morgan fingerprint density at radius 1 is 0.841 bits per heavy atom. The topological polar surface area (TPSA) is 130 Å². The molecule has 5 rings (SSSR count). The lowest BCUT2D eigenvalue weighted by molar-refractivity contribution is -0.114. The monoisotopic (exact) mass is 628 g/mol. The van der Waals surface area contributed by atoms with Gasteiger partial charge < -0.3 is 5.32 Å². The lowest BCUT2D eigenvalue weighted by Gasteiger charge is -2.27. The molecule has 0 fully saturated rings. The van der Waals surface area contributed by atoms with E-state index in [0.29, 0.717) is 27.7 Å². The number of aromatic nitrogens is 2. The number of rotatable bonds is 10. The fourth-order valence-electron chi connectivity index (χ4n) is 5.09. The van der Waals surface area contributed by atoms with Crippen LogP contribution in [0.25, 0.3) is 5.69 Å². The van der Waals surface area contributed by atoms with Crippen molar-refractivity contribution < 1.29 is 18.0 Å². The number of carbonyl (C=O) groups excluding carboxylic acids is 2. The quantitative estimate of drug-likeness (QED) is 0.177. The molecule has 4 aromatic carbocycles. The van der Waals surface area contributed by atoms with Crippen molar-refractivity contribution in [2.45, 2.75) is 30.7 Å². The van der Waals surface area contributed by atoms with E-state index in [1.807, 2.05) is 6.07 Å². The number of aryl methyl sites for hydroxylation is 1. The first-order chi connectivity index (χ1) is 21.0. The Kier molecular flexibility index (Phi) is 8.96. The minimum atomic E-state index is -4.33. The lowest BCUT2D eigenvalue weighted by Crippen LogP contribution is -2.46. The molecule has 2 atom stereocenters. The Labute approximate surface area is 259 Å². The number of anilines is 1. The summed E-state index contributed by atoms with van der Waals surface area (Å²) in [5, 5.41) is 6.13. The van der Waals surface area contributed by atoms with Crippen molar-refractivity contribution >= 4 is 39.0 Å². The van der Waals surface area contributed by atoms with Crippen LogP contribution in [0.3, 0.4) is 0 Å². The minimum absolute atomic E-state index is 0.125. The van der Waals surface area contributed by atoms with Gasteiger partial charge in [0.2, 0.25) is 15.9 Å². The highest BCUT2D eigenvalue weighted by Gasteiger charge is 2.38. The van der Waals surface area contributed by atoms with Crippen LogP contribution < -0.4 is 15.6 Å². The van der Waals surface area contributed by atoms with Gasteiger partial charge in [0.15, 0.2) is 5.78 Å². The van der Waals surface area contributed by atoms with Gasteiger partial charge in [0.25, 0.3) is 5.56 Å². The number of benzene rings is 4. The fourth-order valence-corrected chi connectivity index (χ4v) is 6.43. The van der Waals surface area contributed by atoms with Crippen LogP contribution in [0.5, 0.6) is 0 Å². The summed E-state index contributed by atoms with van der Waals surface area (Å²) in [4.78, 5) is 39.7. The third-order valence-electron chi connectivity index (χ3n) is 7.11. The highest BCUT2D eigenvalue weighted by Crippen LogP contribution is 2.32. The summed E-state index contributed by atoms with van der Waals surface area (Å²) in [6, 6.07) is 28.0. The SMILES string of the molecule is CC(=O)Nc1ccc(S(=O)(=O)NC(C(=O)c2ccccc2)C(c2ccc(Cl)cc2)c2c(C)[nH]n(-c3ccccc3)c2=O)cc1. The van der Waals surface area contributed by atoms with Crippen LogP contribution in [0.15, 0.2) is 119 Å². The number of sulfonamides is 1. The lowest BCUT2D eigenvalue weighted by atomic mass is 9.82. The number of para-hydroxylation sites is 1. The maximum absolute atomic E-state index is 14.3. The van der Waals surface area contributed by atoms with E-state index in [2.05, 4.69) is 15.1 Å². The molecular formula is C33H29ClN4O5S. The largest absolute Gasteiger partial charge is 0.326 e. The van der Waals surface area contributed by atoms with Gasteiger partial charge in [0.05, 0.1) is 16.6 Å². The molecule has 9 nitrogen and oxygen atoms in total. The average Bonchev–Trinajstić information content (AvgIpc) is 3.31. The molecule has 0 saturated carbocycles. The Morgan fingerprint density at radius 2 is 1.43 bits per heavy atom. The zero-order valence-electron chi connectivity index (χ0n) is 23.8. The van der Waals surface area contributed by atoms with E-state index in [1.165, 1.54) is 35.9 Å². The zero-order chi connectivity index (χ0) is 31.4. The van der Waals surface area contributed by atoms with Crippen molar-refractivity contribution in [3.63, 3.8) is 0 Å². The van der Waals surface area contributed by atoms with Crippen molar-refractivity contribution in [1.82, 2.24) is 14.5 Å². The second kappa shape index (κ2) is 12.8. The molecule has 0 aliphatic rings. The van der Waals surface area contributed by atoms with Gasteiger partial charge in [-0.2, -0.15) is 4.72 Å². The van der Waals surface area contributed by atoms with Crippen molar-refractivity contribution in [2.24, 2.45) is 0 Å². The van der Waals surface area contributed by atoms with Crippen LogP contribution in [-0.4, -0.2) is 35.9 Å². The van der Waals surface area contributed by atoms with Crippen LogP contribution >= 0.6 is 11.6 Å². The molecule has 3 N–H and O–H groups in total. The second-order valence-corrected chi connectivity index (χ2v) is 12.3. The van der Waals surface area contributed by atoms with Gasteiger partial charge in [-0.1, -0.05) is 72.3 Å². The van der Waals surface area contributed by atoms with Crippen LogP contribution in [-0.2, 0) is 14.8 Å². The maximum atomic E-state index is 14.3. The fraction of sp³-hybridized carbons (Fsp3) is 0.121. The summed E-state index contributed by atoms with van der Waals surface area (Å²) in [6.45, 7) is 3.05. The highest BCUT2D eigenvalue weighted by molar-refractivity contribution is 7.89. The maximum Gasteiger partial charge on any atom is 0.275 e. The summed E-state index contributed by atoms with van der Waals surface area (Å²) in [6.07, 6.45) is 0. The van der Waals surface area contributed by atoms with E-state index in [9.17, 15) is 22.8 Å². The molecule has 2 unspecified atom stereocenters. The zero-order valence-corrected chi connectivity index (χ0v) is 25.4. The predicted octanol–water partition coefficient (Wildman–Crippen LogP) is 5.45. The smallest absolute Gasteiger partial charge is 0.275 e. The third kappa shape index (κ3) is 6.57. The minimum Gasteiger partial charge on any atom is -0.326 e. The Bertz CT molecular complexity index is 1960. The standard InChI is InChI=1S/C33H29ClN4O5S/c1-21-29(33(41)38(36-21)27-11-7-4-8-12-27)30(23-13-15-25(34)16-14-23)31(32(40)24-9-5-3-6-10-24)37-44(42,43)28-19-17-26(18-20-28)35-22(2)39/h3-20,30-31,36-37H,1-2H3,(H,35,39). The molecular weight excluding hydrogens is 600 g/mol. The van der Waals surface area contributed by atoms with E-state index in [0.717, 1.165) is 0 Å². The first kappa shape index (κ1) is 30.7. The normalized spacial score (nSPS) is 12.8. The number of nitrogens with one attached hydrogen (secondary N) is 3. The summed E-state index contributed by atoms with van der Waals surface area (Å²) in [5.41, 5.74) is 2.00. The number of amides is 1. The summed E-state index contributed by atoms with van der Waals surface area (Å²) in [5.74, 6) is -1.89. The van der Waals surface area contributed by atoms with Gasteiger partial charge in [0.1, 0.15) is 0 Å². The number of nitrogens with zero attached hydrogens (tertiary/aromatic N) is 1. The molecule has 224 valence electrons. The first-order valence-electron chi connectivity index (χ1n) is 13.7. The van der Waals surface area contributed by atoms with Crippen LogP contribution in [0, 0.1) is 6.92 Å².